The quantitative estimate of drug-likeness (QED) is 0.388. The molecular formula is C8H5FN2O. The fourth-order valence-corrected chi connectivity index (χ4v) is 0.790. The summed E-state index contributed by atoms with van der Waals surface area (Å²) in [5, 5.41) is 19.4. The Bertz CT molecular complexity index is 354. The molecule has 0 spiro atoms. The molecule has 0 saturated carbocycles. The molecule has 0 fully saturated rings. The highest BCUT2D eigenvalue weighted by Gasteiger charge is 2.07. The van der Waals surface area contributed by atoms with E-state index in [-0.39, 0.29) is 11.3 Å². The molecule has 3 nitrogen and oxygen atoms in total. The van der Waals surface area contributed by atoms with Crippen LogP contribution in [0.15, 0.2) is 29.4 Å². The Kier molecular flexibility index (Phi) is 2.38. The maximum Gasteiger partial charge on any atom is 0.189 e. The van der Waals surface area contributed by atoms with Crippen LogP contribution < -0.4 is 0 Å². The second kappa shape index (κ2) is 3.49. The summed E-state index contributed by atoms with van der Waals surface area (Å²) in [6.45, 7) is 0. The normalized spacial score (nSPS) is 10.8. The smallest absolute Gasteiger partial charge is 0.189 e. The Morgan fingerprint density at radius 2 is 2.17 bits per heavy atom. The van der Waals surface area contributed by atoms with Gasteiger partial charge in [0.25, 0.3) is 0 Å². The Labute approximate surface area is 68.4 Å². The third kappa shape index (κ3) is 1.40. The van der Waals surface area contributed by atoms with Crippen LogP contribution in [0.1, 0.15) is 5.56 Å². The van der Waals surface area contributed by atoms with Crippen LogP contribution >= 0.6 is 0 Å². The molecule has 0 aliphatic carbocycles. The third-order valence-corrected chi connectivity index (χ3v) is 1.33. The second-order valence-corrected chi connectivity index (χ2v) is 2.04. The number of oxime groups is 1. The van der Waals surface area contributed by atoms with Crippen LogP contribution in [0, 0.1) is 17.1 Å². The first-order valence-corrected chi connectivity index (χ1v) is 3.16. The molecular weight excluding hydrogens is 159 g/mol. The molecule has 0 amide bonds. The van der Waals surface area contributed by atoms with Crippen molar-refractivity contribution in [1.82, 2.24) is 0 Å². The fraction of sp³-hybridized carbons (Fsp3) is 0. The van der Waals surface area contributed by atoms with Crippen molar-refractivity contribution < 1.29 is 9.60 Å². The minimum atomic E-state index is -0.577. The highest BCUT2D eigenvalue weighted by molar-refractivity contribution is 6.11. The lowest BCUT2D eigenvalue weighted by atomic mass is 10.1. The molecule has 0 radical (unpaired) electrons. The van der Waals surface area contributed by atoms with E-state index in [1.54, 1.807) is 12.1 Å². The highest BCUT2D eigenvalue weighted by Crippen LogP contribution is 2.06. The van der Waals surface area contributed by atoms with E-state index in [1.165, 1.54) is 18.2 Å². The van der Waals surface area contributed by atoms with E-state index in [0.29, 0.717) is 0 Å². The lowest BCUT2D eigenvalue weighted by Gasteiger charge is -1.95. The zero-order valence-electron chi connectivity index (χ0n) is 6.03. The Morgan fingerprint density at radius 1 is 1.50 bits per heavy atom. The maximum atomic E-state index is 12.9. The molecule has 1 aromatic rings. The topological polar surface area (TPSA) is 56.4 Å². The molecule has 0 unspecified atom stereocenters. The number of nitrogens with zero attached hydrogens (tertiary/aromatic N) is 2. The summed E-state index contributed by atoms with van der Waals surface area (Å²) in [7, 11) is 0. The van der Waals surface area contributed by atoms with E-state index in [2.05, 4.69) is 5.16 Å². The van der Waals surface area contributed by atoms with Gasteiger partial charge in [0, 0.05) is 0 Å². The molecule has 1 rings (SSSR count). The standard InChI is InChI=1S/C8H5FN2O/c9-7-4-2-1-3-6(7)8(5-10)11-12/h1-4,12H. The molecule has 0 bridgehead atoms. The molecule has 1 N–H and O–H groups in total. The Morgan fingerprint density at radius 3 is 2.67 bits per heavy atom. The van der Waals surface area contributed by atoms with Crippen molar-refractivity contribution in [2.45, 2.75) is 0 Å². The SMILES string of the molecule is N#CC(=NO)c1ccccc1F. The van der Waals surface area contributed by atoms with Crippen molar-refractivity contribution in [3.05, 3.63) is 35.6 Å². The van der Waals surface area contributed by atoms with E-state index in [4.69, 9.17) is 10.5 Å². The zero-order chi connectivity index (χ0) is 8.97. The molecule has 0 atom stereocenters. The van der Waals surface area contributed by atoms with Crippen molar-refractivity contribution in [3.8, 4) is 6.07 Å². The minimum absolute atomic E-state index is 0.00231. The summed E-state index contributed by atoms with van der Waals surface area (Å²) < 4.78 is 12.9. The lowest BCUT2D eigenvalue weighted by Crippen LogP contribution is -1.99. The van der Waals surface area contributed by atoms with Gasteiger partial charge >= 0.3 is 0 Å². The van der Waals surface area contributed by atoms with Gasteiger partial charge in [0.15, 0.2) is 5.71 Å². The van der Waals surface area contributed by atoms with Gasteiger partial charge < -0.3 is 5.21 Å². The van der Waals surface area contributed by atoms with Gasteiger partial charge in [0.2, 0.25) is 0 Å². The average Bonchev–Trinajstić information content (AvgIpc) is 2.10. The summed E-state index contributed by atoms with van der Waals surface area (Å²) in [6.07, 6.45) is 0. The van der Waals surface area contributed by atoms with Crippen molar-refractivity contribution >= 4 is 5.71 Å². The van der Waals surface area contributed by atoms with Crippen molar-refractivity contribution in [3.63, 3.8) is 0 Å². The van der Waals surface area contributed by atoms with Crippen LogP contribution in [0.4, 0.5) is 4.39 Å². The molecule has 0 aromatic heterocycles. The monoisotopic (exact) mass is 164 g/mol. The predicted octanol–water partition coefficient (Wildman–Crippen LogP) is 1.53. The van der Waals surface area contributed by atoms with Gasteiger partial charge in [0.1, 0.15) is 11.9 Å². The number of halogens is 1. The first-order chi connectivity index (χ1) is 5.79. The van der Waals surface area contributed by atoms with Crippen molar-refractivity contribution in [2.75, 3.05) is 0 Å². The molecule has 0 saturated heterocycles. The van der Waals surface area contributed by atoms with E-state index < -0.39 is 5.82 Å². The fourth-order valence-electron chi connectivity index (χ4n) is 0.790. The first kappa shape index (κ1) is 8.21. The molecule has 60 valence electrons. The van der Waals surface area contributed by atoms with E-state index in [0.717, 1.165) is 0 Å². The predicted molar refractivity (Wildman–Crippen MR) is 40.3 cm³/mol. The molecule has 1 aromatic carbocycles. The summed E-state index contributed by atoms with van der Waals surface area (Å²) in [4.78, 5) is 0. The number of nitriles is 1. The second-order valence-electron chi connectivity index (χ2n) is 2.04. The maximum absolute atomic E-state index is 12.9. The minimum Gasteiger partial charge on any atom is -0.410 e. The largest absolute Gasteiger partial charge is 0.410 e. The molecule has 0 aliphatic heterocycles. The Balaban J connectivity index is 3.21. The van der Waals surface area contributed by atoms with Crippen LogP contribution in [-0.2, 0) is 0 Å². The van der Waals surface area contributed by atoms with E-state index in [1.807, 2.05) is 0 Å². The van der Waals surface area contributed by atoms with Crippen LogP contribution in [0.25, 0.3) is 0 Å². The van der Waals surface area contributed by atoms with Gasteiger partial charge in [-0.05, 0) is 12.1 Å². The van der Waals surface area contributed by atoms with Crippen molar-refractivity contribution in [2.24, 2.45) is 5.16 Å². The molecule has 4 heteroatoms. The number of benzene rings is 1. The summed E-state index contributed by atoms with van der Waals surface area (Å²) in [6, 6.07) is 7.18. The molecule has 0 heterocycles. The average molecular weight is 164 g/mol. The van der Waals surface area contributed by atoms with Gasteiger partial charge in [-0.3, -0.25) is 0 Å². The van der Waals surface area contributed by atoms with Gasteiger partial charge in [-0.15, -0.1) is 0 Å². The van der Waals surface area contributed by atoms with Crippen LogP contribution in [0.3, 0.4) is 0 Å². The van der Waals surface area contributed by atoms with Crippen molar-refractivity contribution in [1.29, 1.82) is 5.26 Å². The Hall–Kier alpha value is -1.89. The summed E-state index contributed by atoms with van der Waals surface area (Å²) in [5.74, 6) is -0.577. The van der Waals surface area contributed by atoms with E-state index in [9.17, 15) is 4.39 Å². The number of hydrogen-bond donors (Lipinski definition) is 1. The molecule has 0 aliphatic rings. The van der Waals surface area contributed by atoms with Gasteiger partial charge in [0.05, 0.1) is 5.56 Å². The van der Waals surface area contributed by atoms with Gasteiger partial charge in [-0.2, -0.15) is 5.26 Å². The van der Waals surface area contributed by atoms with Gasteiger partial charge in [-0.1, -0.05) is 17.3 Å². The highest BCUT2D eigenvalue weighted by atomic mass is 19.1. The zero-order valence-corrected chi connectivity index (χ0v) is 6.03. The number of hydrogen-bond acceptors (Lipinski definition) is 3. The lowest BCUT2D eigenvalue weighted by molar-refractivity contribution is 0.320. The summed E-state index contributed by atoms with van der Waals surface area (Å²) in [5.41, 5.74) is -0.324. The van der Waals surface area contributed by atoms with E-state index >= 15 is 0 Å². The number of rotatable bonds is 1. The molecule has 12 heavy (non-hydrogen) atoms. The first-order valence-electron chi connectivity index (χ1n) is 3.16. The van der Waals surface area contributed by atoms with Crippen LogP contribution in [0.5, 0.6) is 0 Å². The third-order valence-electron chi connectivity index (χ3n) is 1.33. The van der Waals surface area contributed by atoms with Crippen LogP contribution in [-0.4, -0.2) is 10.9 Å². The van der Waals surface area contributed by atoms with Gasteiger partial charge in [-0.25, -0.2) is 4.39 Å². The van der Waals surface area contributed by atoms with Crippen LogP contribution in [0.2, 0.25) is 0 Å². The summed E-state index contributed by atoms with van der Waals surface area (Å²) >= 11 is 0.